The van der Waals surface area contributed by atoms with Crippen LogP contribution in [0.25, 0.3) is 0 Å². The van der Waals surface area contributed by atoms with Gasteiger partial charge in [0.25, 0.3) is 0 Å². The predicted molar refractivity (Wildman–Crippen MR) is 45.2 cm³/mol. The summed E-state index contributed by atoms with van der Waals surface area (Å²) in [6, 6.07) is 0.435. The van der Waals surface area contributed by atoms with E-state index < -0.39 is 0 Å². The van der Waals surface area contributed by atoms with Crippen molar-refractivity contribution in [3.63, 3.8) is 0 Å². The molecule has 0 spiro atoms. The van der Waals surface area contributed by atoms with E-state index >= 15 is 0 Å². The van der Waals surface area contributed by atoms with Gasteiger partial charge in [-0.05, 0) is 12.8 Å². The van der Waals surface area contributed by atoms with Crippen molar-refractivity contribution in [3.05, 3.63) is 12.2 Å². The van der Waals surface area contributed by atoms with Crippen molar-refractivity contribution in [2.24, 2.45) is 0 Å². The van der Waals surface area contributed by atoms with Crippen molar-refractivity contribution in [2.45, 2.75) is 32.2 Å². The lowest BCUT2D eigenvalue weighted by molar-refractivity contribution is -0.118. The van der Waals surface area contributed by atoms with Gasteiger partial charge in [0.05, 0.1) is 0 Å². The van der Waals surface area contributed by atoms with Crippen molar-refractivity contribution >= 4 is 6.41 Å². The average Bonchev–Trinajstić information content (AvgIpc) is 2.32. The number of carbonyl (C=O) groups excluding carboxylic acids is 1. The van der Waals surface area contributed by atoms with Gasteiger partial charge in [0.15, 0.2) is 0 Å². The van der Waals surface area contributed by atoms with Crippen LogP contribution in [0.3, 0.4) is 0 Å². The van der Waals surface area contributed by atoms with Crippen molar-refractivity contribution < 1.29 is 4.79 Å². The molecule has 1 heterocycles. The molecule has 1 atom stereocenters. The molecule has 1 rings (SSSR count). The number of hydrogen-bond acceptors (Lipinski definition) is 1. The largest absolute Gasteiger partial charge is 0.338 e. The van der Waals surface area contributed by atoms with Crippen LogP contribution in [0.5, 0.6) is 0 Å². The minimum Gasteiger partial charge on any atom is -0.338 e. The van der Waals surface area contributed by atoms with Gasteiger partial charge < -0.3 is 4.90 Å². The molecule has 62 valence electrons. The summed E-state index contributed by atoms with van der Waals surface area (Å²) in [6.45, 7) is 6.80. The molecule has 0 saturated carbocycles. The smallest absolute Gasteiger partial charge is 0.210 e. The molecule has 1 aliphatic heterocycles. The van der Waals surface area contributed by atoms with Crippen LogP contribution in [0.15, 0.2) is 12.2 Å². The first-order valence-corrected chi connectivity index (χ1v) is 4.15. The molecule has 0 aliphatic carbocycles. The first kappa shape index (κ1) is 8.31. The molecule has 0 aromatic heterocycles. The highest BCUT2D eigenvalue weighted by Gasteiger charge is 2.24. The zero-order chi connectivity index (χ0) is 8.27. The molecular formula is C9H15NO. The molecule has 0 N–H and O–H groups in total. The molecule has 2 heteroatoms. The van der Waals surface area contributed by atoms with Crippen LogP contribution in [-0.4, -0.2) is 23.9 Å². The van der Waals surface area contributed by atoms with Gasteiger partial charge in [0.1, 0.15) is 0 Å². The Hall–Kier alpha value is -0.790. The second-order valence-corrected chi connectivity index (χ2v) is 3.17. The highest BCUT2D eigenvalue weighted by atomic mass is 16.1. The van der Waals surface area contributed by atoms with E-state index in [2.05, 4.69) is 13.5 Å². The van der Waals surface area contributed by atoms with E-state index in [0.29, 0.717) is 6.04 Å². The predicted octanol–water partition coefficient (Wildman–Crippen LogP) is 1.57. The van der Waals surface area contributed by atoms with Crippen LogP contribution in [0, 0.1) is 0 Å². The summed E-state index contributed by atoms with van der Waals surface area (Å²) < 4.78 is 0. The number of carbonyl (C=O) groups is 1. The van der Waals surface area contributed by atoms with Gasteiger partial charge in [-0.3, -0.25) is 4.79 Å². The molecule has 1 fully saturated rings. The summed E-state index contributed by atoms with van der Waals surface area (Å²) in [5.74, 6) is 0. The Morgan fingerprint density at radius 3 is 3.09 bits per heavy atom. The molecule has 1 saturated heterocycles. The fourth-order valence-electron chi connectivity index (χ4n) is 1.63. The fourth-order valence-corrected chi connectivity index (χ4v) is 1.63. The van der Waals surface area contributed by atoms with Crippen LogP contribution in [-0.2, 0) is 4.79 Å². The third-order valence-electron chi connectivity index (χ3n) is 2.16. The van der Waals surface area contributed by atoms with Gasteiger partial charge in [0, 0.05) is 12.6 Å². The summed E-state index contributed by atoms with van der Waals surface area (Å²) in [4.78, 5) is 12.4. The van der Waals surface area contributed by atoms with Crippen LogP contribution in [0.2, 0.25) is 0 Å². The number of amides is 1. The summed E-state index contributed by atoms with van der Waals surface area (Å²) in [5, 5.41) is 0. The second-order valence-electron chi connectivity index (χ2n) is 3.17. The lowest BCUT2D eigenvalue weighted by Crippen LogP contribution is -2.27. The maximum absolute atomic E-state index is 10.5. The summed E-state index contributed by atoms with van der Waals surface area (Å²) in [5.41, 5.74) is 1.19. The lowest BCUT2D eigenvalue weighted by atomic mass is 10.1. The maximum atomic E-state index is 10.5. The van der Waals surface area contributed by atoms with E-state index in [4.69, 9.17) is 0 Å². The van der Waals surface area contributed by atoms with Crippen LogP contribution in [0.4, 0.5) is 0 Å². The number of likely N-dealkylation sites (tertiary alicyclic amines) is 1. The third kappa shape index (κ3) is 1.82. The van der Waals surface area contributed by atoms with Crippen molar-refractivity contribution in [3.8, 4) is 0 Å². The maximum Gasteiger partial charge on any atom is 0.210 e. The van der Waals surface area contributed by atoms with E-state index in [1.807, 2.05) is 4.90 Å². The first-order valence-electron chi connectivity index (χ1n) is 4.15. The zero-order valence-corrected chi connectivity index (χ0v) is 7.05. The normalized spacial score (nSPS) is 24.3. The minimum absolute atomic E-state index is 0.435. The number of hydrogen-bond donors (Lipinski definition) is 0. The first-order chi connectivity index (χ1) is 5.27. The molecule has 0 bridgehead atoms. The molecule has 0 radical (unpaired) electrons. The molecule has 11 heavy (non-hydrogen) atoms. The van der Waals surface area contributed by atoms with Gasteiger partial charge in [-0.1, -0.05) is 25.5 Å². The summed E-state index contributed by atoms with van der Waals surface area (Å²) in [7, 11) is 0. The monoisotopic (exact) mass is 153 g/mol. The van der Waals surface area contributed by atoms with Crippen LogP contribution >= 0.6 is 0 Å². The molecule has 2 nitrogen and oxygen atoms in total. The Balaban J connectivity index is 2.49. The van der Waals surface area contributed by atoms with E-state index in [9.17, 15) is 4.79 Å². The van der Waals surface area contributed by atoms with E-state index in [-0.39, 0.29) is 0 Å². The molecule has 1 unspecified atom stereocenters. The molecule has 1 aliphatic rings. The van der Waals surface area contributed by atoms with E-state index in [0.717, 1.165) is 32.2 Å². The number of nitrogens with zero attached hydrogens (tertiary/aromatic N) is 1. The SMILES string of the molecule is C=C1CC(CCC)N(C=O)C1. The molecular weight excluding hydrogens is 138 g/mol. The van der Waals surface area contributed by atoms with Crippen molar-refractivity contribution in [2.75, 3.05) is 6.54 Å². The van der Waals surface area contributed by atoms with Crippen molar-refractivity contribution in [1.29, 1.82) is 0 Å². The summed E-state index contributed by atoms with van der Waals surface area (Å²) in [6.07, 6.45) is 4.20. The topological polar surface area (TPSA) is 20.3 Å². The van der Waals surface area contributed by atoms with Crippen LogP contribution in [0.1, 0.15) is 26.2 Å². The van der Waals surface area contributed by atoms with Gasteiger partial charge in [-0.2, -0.15) is 0 Å². The average molecular weight is 153 g/mol. The van der Waals surface area contributed by atoms with Crippen molar-refractivity contribution in [1.82, 2.24) is 4.90 Å². The van der Waals surface area contributed by atoms with Gasteiger partial charge in [-0.15, -0.1) is 0 Å². The molecule has 1 amide bonds. The Bertz CT molecular complexity index is 165. The van der Waals surface area contributed by atoms with E-state index in [1.165, 1.54) is 5.57 Å². The third-order valence-corrected chi connectivity index (χ3v) is 2.16. The fraction of sp³-hybridized carbons (Fsp3) is 0.667. The number of rotatable bonds is 3. The Kier molecular flexibility index (Phi) is 2.69. The summed E-state index contributed by atoms with van der Waals surface area (Å²) >= 11 is 0. The Labute approximate surface area is 67.9 Å². The minimum atomic E-state index is 0.435. The van der Waals surface area contributed by atoms with Gasteiger partial charge >= 0.3 is 0 Å². The van der Waals surface area contributed by atoms with E-state index in [1.54, 1.807) is 0 Å². The van der Waals surface area contributed by atoms with Gasteiger partial charge in [0.2, 0.25) is 6.41 Å². The lowest BCUT2D eigenvalue weighted by Gasteiger charge is -2.17. The highest BCUT2D eigenvalue weighted by Crippen LogP contribution is 2.22. The molecule has 0 aromatic rings. The standard InChI is InChI=1S/C9H15NO/c1-3-4-9-5-8(2)6-10(9)7-11/h7,9H,2-6H2,1H3. The van der Waals surface area contributed by atoms with Crippen LogP contribution < -0.4 is 0 Å². The molecule has 0 aromatic carbocycles. The Morgan fingerprint density at radius 1 is 1.82 bits per heavy atom. The Morgan fingerprint density at radius 2 is 2.55 bits per heavy atom. The van der Waals surface area contributed by atoms with Gasteiger partial charge in [-0.25, -0.2) is 0 Å². The second kappa shape index (κ2) is 3.56. The highest BCUT2D eigenvalue weighted by molar-refractivity contribution is 5.50. The quantitative estimate of drug-likeness (QED) is 0.445. The zero-order valence-electron chi connectivity index (χ0n) is 7.05.